The van der Waals surface area contributed by atoms with Crippen LogP contribution in [0.3, 0.4) is 0 Å². The van der Waals surface area contributed by atoms with Crippen LogP contribution in [0.1, 0.15) is 32.9 Å². The lowest BCUT2D eigenvalue weighted by Crippen LogP contribution is -2.14. The predicted octanol–water partition coefficient (Wildman–Crippen LogP) is 4.87. The lowest BCUT2D eigenvalue weighted by atomic mass is 10.1. The number of Topliss-reactive ketones (excluding diaryl/α,β-unsaturated/α-hetero) is 1. The molecule has 0 amide bonds. The molecule has 3 aromatic rings. The molecule has 0 radical (unpaired) electrons. The molecule has 30 heavy (non-hydrogen) atoms. The SMILES string of the molecule is Cc1cc(C(=O)COC(=O)/C=C/c2ccccc2F)c(C)n1Cc1ccc(F)cc1. The monoisotopic (exact) mass is 409 g/mol. The van der Waals surface area contributed by atoms with Gasteiger partial charge in [-0.1, -0.05) is 30.3 Å². The normalized spacial score (nSPS) is 11.1. The smallest absolute Gasteiger partial charge is 0.331 e. The Morgan fingerprint density at radius 1 is 1.03 bits per heavy atom. The average molecular weight is 409 g/mol. The molecule has 2 aromatic carbocycles. The van der Waals surface area contributed by atoms with E-state index < -0.39 is 18.4 Å². The first-order chi connectivity index (χ1) is 14.3. The third-order valence-corrected chi connectivity index (χ3v) is 4.78. The van der Waals surface area contributed by atoms with Gasteiger partial charge < -0.3 is 9.30 Å². The van der Waals surface area contributed by atoms with Crippen LogP contribution in [0.5, 0.6) is 0 Å². The van der Waals surface area contributed by atoms with Gasteiger partial charge in [0, 0.05) is 35.1 Å². The Morgan fingerprint density at radius 3 is 2.43 bits per heavy atom. The van der Waals surface area contributed by atoms with Crippen LogP contribution in [0.25, 0.3) is 6.08 Å². The first-order valence-corrected chi connectivity index (χ1v) is 9.39. The van der Waals surface area contributed by atoms with Crippen molar-refractivity contribution < 1.29 is 23.1 Å². The number of nitrogens with zero attached hydrogens (tertiary/aromatic N) is 1. The summed E-state index contributed by atoms with van der Waals surface area (Å²) in [5.74, 6) is -1.82. The van der Waals surface area contributed by atoms with Crippen LogP contribution in [-0.2, 0) is 16.1 Å². The summed E-state index contributed by atoms with van der Waals surface area (Å²) in [4.78, 5) is 24.4. The van der Waals surface area contributed by atoms with E-state index >= 15 is 0 Å². The first kappa shape index (κ1) is 21.2. The third-order valence-electron chi connectivity index (χ3n) is 4.78. The fourth-order valence-electron chi connectivity index (χ4n) is 3.13. The van der Waals surface area contributed by atoms with E-state index in [0.29, 0.717) is 12.1 Å². The highest BCUT2D eigenvalue weighted by molar-refractivity contribution is 6.00. The van der Waals surface area contributed by atoms with Gasteiger partial charge in [0.1, 0.15) is 11.6 Å². The van der Waals surface area contributed by atoms with Crippen LogP contribution < -0.4 is 0 Å². The zero-order valence-electron chi connectivity index (χ0n) is 16.7. The van der Waals surface area contributed by atoms with Crippen LogP contribution in [-0.4, -0.2) is 22.9 Å². The van der Waals surface area contributed by atoms with Crippen molar-refractivity contribution in [2.45, 2.75) is 20.4 Å². The van der Waals surface area contributed by atoms with Gasteiger partial charge in [-0.15, -0.1) is 0 Å². The van der Waals surface area contributed by atoms with Gasteiger partial charge in [-0.25, -0.2) is 13.6 Å². The van der Waals surface area contributed by atoms with Crippen molar-refractivity contribution in [1.82, 2.24) is 4.57 Å². The van der Waals surface area contributed by atoms with Crippen LogP contribution >= 0.6 is 0 Å². The highest BCUT2D eigenvalue weighted by atomic mass is 19.1. The minimum Gasteiger partial charge on any atom is -0.454 e. The largest absolute Gasteiger partial charge is 0.454 e. The van der Waals surface area contributed by atoms with Crippen molar-refractivity contribution in [3.63, 3.8) is 0 Å². The van der Waals surface area contributed by atoms with Crippen LogP contribution in [0.2, 0.25) is 0 Å². The standard InChI is InChI=1S/C24H21F2NO3/c1-16-13-21(17(2)27(16)14-18-7-10-20(25)11-8-18)23(28)15-30-24(29)12-9-19-5-3-4-6-22(19)26/h3-13H,14-15H2,1-2H3/b12-9+. The Hall–Kier alpha value is -3.54. The lowest BCUT2D eigenvalue weighted by molar-refractivity contribution is -0.136. The maximum absolute atomic E-state index is 13.6. The lowest BCUT2D eigenvalue weighted by Gasteiger charge is -2.10. The number of esters is 1. The Bertz CT molecular complexity index is 1100. The summed E-state index contributed by atoms with van der Waals surface area (Å²) >= 11 is 0. The predicted molar refractivity (Wildman–Crippen MR) is 110 cm³/mol. The van der Waals surface area contributed by atoms with Gasteiger partial charge in [0.05, 0.1) is 0 Å². The van der Waals surface area contributed by atoms with Gasteiger partial charge in [0.25, 0.3) is 0 Å². The molecule has 0 unspecified atom stereocenters. The summed E-state index contributed by atoms with van der Waals surface area (Å²) in [6.07, 6.45) is 2.39. The molecule has 3 rings (SSSR count). The van der Waals surface area contributed by atoms with Crippen LogP contribution in [0, 0.1) is 25.5 Å². The number of rotatable bonds is 7. The number of aromatic nitrogens is 1. The van der Waals surface area contributed by atoms with Gasteiger partial charge in [0.2, 0.25) is 5.78 Å². The number of hydrogen-bond donors (Lipinski definition) is 0. The number of ether oxygens (including phenoxy) is 1. The summed E-state index contributed by atoms with van der Waals surface area (Å²) in [7, 11) is 0. The van der Waals surface area contributed by atoms with E-state index in [9.17, 15) is 18.4 Å². The average Bonchev–Trinajstić information content (AvgIpc) is 3.01. The zero-order chi connectivity index (χ0) is 21.7. The Morgan fingerprint density at radius 2 is 1.73 bits per heavy atom. The highest BCUT2D eigenvalue weighted by Crippen LogP contribution is 2.18. The molecule has 0 aliphatic carbocycles. The Balaban J connectivity index is 1.63. The minimum absolute atomic E-state index is 0.255. The van der Waals surface area contributed by atoms with E-state index in [1.165, 1.54) is 30.3 Å². The Labute approximate surface area is 173 Å². The summed E-state index contributed by atoms with van der Waals surface area (Å²) < 4.78 is 33.6. The number of ketones is 1. The van der Waals surface area contributed by atoms with Gasteiger partial charge >= 0.3 is 5.97 Å². The molecular weight excluding hydrogens is 388 g/mol. The molecule has 154 valence electrons. The molecule has 0 aliphatic rings. The third kappa shape index (κ3) is 5.08. The second kappa shape index (κ2) is 9.31. The van der Waals surface area contributed by atoms with E-state index in [1.807, 2.05) is 18.4 Å². The van der Waals surface area contributed by atoms with E-state index in [1.54, 1.807) is 30.3 Å². The number of halogens is 2. The summed E-state index contributed by atoms with van der Waals surface area (Å²) in [6.45, 7) is 3.76. The summed E-state index contributed by atoms with van der Waals surface area (Å²) in [5.41, 5.74) is 3.22. The molecule has 0 atom stereocenters. The van der Waals surface area contributed by atoms with Gasteiger partial charge in [0.15, 0.2) is 6.61 Å². The van der Waals surface area contributed by atoms with Crippen molar-refractivity contribution in [3.8, 4) is 0 Å². The highest BCUT2D eigenvalue weighted by Gasteiger charge is 2.17. The number of aryl methyl sites for hydroxylation is 1. The minimum atomic E-state index is -0.730. The summed E-state index contributed by atoms with van der Waals surface area (Å²) in [5, 5.41) is 0. The van der Waals surface area contributed by atoms with Gasteiger partial charge in [-0.2, -0.15) is 0 Å². The van der Waals surface area contributed by atoms with E-state index in [0.717, 1.165) is 23.0 Å². The van der Waals surface area contributed by atoms with Crippen molar-refractivity contribution in [2.24, 2.45) is 0 Å². The second-order valence-electron chi connectivity index (χ2n) is 6.88. The maximum atomic E-state index is 13.6. The molecule has 1 heterocycles. The van der Waals surface area contributed by atoms with Crippen molar-refractivity contribution >= 4 is 17.8 Å². The maximum Gasteiger partial charge on any atom is 0.331 e. The molecule has 0 aliphatic heterocycles. The number of carbonyl (C=O) groups excluding carboxylic acids is 2. The number of carbonyl (C=O) groups is 2. The quantitative estimate of drug-likeness (QED) is 0.318. The van der Waals surface area contributed by atoms with E-state index in [4.69, 9.17) is 4.74 Å². The van der Waals surface area contributed by atoms with Crippen molar-refractivity contribution in [2.75, 3.05) is 6.61 Å². The van der Waals surface area contributed by atoms with Crippen LogP contribution in [0.15, 0.2) is 60.7 Å². The molecule has 0 spiro atoms. The molecule has 4 nitrogen and oxygen atoms in total. The molecular formula is C24H21F2NO3. The van der Waals surface area contributed by atoms with Gasteiger partial charge in [-0.3, -0.25) is 4.79 Å². The van der Waals surface area contributed by atoms with E-state index in [-0.39, 0.29) is 17.2 Å². The number of hydrogen-bond acceptors (Lipinski definition) is 3. The van der Waals surface area contributed by atoms with Gasteiger partial charge in [-0.05, 0) is 49.8 Å². The van der Waals surface area contributed by atoms with Crippen LogP contribution in [0.4, 0.5) is 8.78 Å². The van der Waals surface area contributed by atoms with Crippen molar-refractivity contribution in [3.05, 3.63) is 100 Å². The molecule has 0 saturated carbocycles. The van der Waals surface area contributed by atoms with E-state index in [2.05, 4.69) is 0 Å². The first-order valence-electron chi connectivity index (χ1n) is 9.39. The fraction of sp³-hybridized carbons (Fsp3) is 0.167. The fourth-order valence-corrected chi connectivity index (χ4v) is 3.13. The summed E-state index contributed by atoms with van der Waals surface area (Å²) in [6, 6.07) is 13.9. The number of benzene rings is 2. The Kier molecular flexibility index (Phi) is 6.57. The molecule has 0 fully saturated rings. The molecule has 0 saturated heterocycles. The van der Waals surface area contributed by atoms with Crippen molar-refractivity contribution in [1.29, 1.82) is 0 Å². The second-order valence-corrected chi connectivity index (χ2v) is 6.88. The molecule has 0 bridgehead atoms. The molecule has 0 N–H and O–H groups in total. The molecule has 1 aromatic heterocycles. The topological polar surface area (TPSA) is 48.3 Å². The zero-order valence-corrected chi connectivity index (χ0v) is 16.7. The molecule has 6 heteroatoms.